The van der Waals surface area contributed by atoms with Crippen molar-refractivity contribution >= 4 is 0 Å². The standard InChI is InChI=1S/C11H23NO2/c1-3-10(4-2)11(13)9-12-5-7-14-8-6-12/h10-11,13H,3-9H2,1-2H3. The Labute approximate surface area is 87.1 Å². The van der Waals surface area contributed by atoms with Gasteiger partial charge in [0.25, 0.3) is 0 Å². The quantitative estimate of drug-likeness (QED) is 0.723. The number of β-amino-alcohol motifs (C(OH)–C–C–N with tert-alkyl or cyclic N) is 1. The third-order valence-corrected chi connectivity index (χ3v) is 3.14. The molecule has 1 aliphatic heterocycles. The first-order valence-electron chi connectivity index (χ1n) is 5.76. The van der Waals surface area contributed by atoms with Crippen LogP contribution >= 0.6 is 0 Å². The lowest BCUT2D eigenvalue weighted by Crippen LogP contribution is -2.42. The molecule has 0 aromatic carbocycles. The Balaban J connectivity index is 2.26. The number of rotatable bonds is 5. The summed E-state index contributed by atoms with van der Waals surface area (Å²) < 4.78 is 5.27. The number of hydrogen-bond donors (Lipinski definition) is 1. The molecule has 0 amide bonds. The molecule has 0 saturated carbocycles. The molecule has 14 heavy (non-hydrogen) atoms. The molecule has 0 bridgehead atoms. The molecule has 1 heterocycles. The summed E-state index contributed by atoms with van der Waals surface area (Å²) in [4.78, 5) is 2.30. The molecule has 1 unspecified atom stereocenters. The van der Waals surface area contributed by atoms with Gasteiger partial charge in [0.2, 0.25) is 0 Å². The van der Waals surface area contributed by atoms with E-state index in [4.69, 9.17) is 4.74 Å². The van der Waals surface area contributed by atoms with E-state index in [9.17, 15) is 5.11 Å². The van der Waals surface area contributed by atoms with E-state index >= 15 is 0 Å². The second-order valence-corrected chi connectivity index (χ2v) is 4.06. The molecule has 1 atom stereocenters. The van der Waals surface area contributed by atoms with Crippen molar-refractivity contribution in [2.24, 2.45) is 5.92 Å². The molecule has 3 heteroatoms. The second kappa shape index (κ2) is 6.38. The largest absolute Gasteiger partial charge is 0.392 e. The smallest absolute Gasteiger partial charge is 0.0695 e. The van der Waals surface area contributed by atoms with Gasteiger partial charge >= 0.3 is 0 Å². The number of nitrogens with zero attached hydrogens (tertiary/aromatic N) is 1. The third kappa shape index (κ3) is 3.56. The molecule has 1 aliphatic rings. The van der Waals surface area contributed by atoms with Gasteiger partial charge in [-0.15, -0.1) is 0 Å². The number of aliphatic hydroxyl groups is 1. The first kappa shape index (κ1) is 12.0. The summed E-state index contributed by atoms with van der Waals surface area (Å²) in [5, 5.41) is 9.98. The van der Waals surface area contributed by atoms with Crippen LogP contribution < -0.4 is 0 Å². The van der Waals surface area contributed by atoms with E-state index in [-0.39, 0.29) is 6.10 Å². The predicted molar refractivity (Wildman–Crippen MR) is 57.3 cm³/mol. The normalized spacial score (nSPS) is 21.4. The third-order valence-electron chi connectivity index (χ3n) is 3.14. The zero-order valence-corrected chi connectivity index (χ0v) is 9.41. The summed E-state index contributed by atoms with van der Waals surface area (Å²) in [6.45, 7) is 8.68. The Morgan fingerprint density at radius 1 is 1.21 bits per heavy atom. The monoisotopic (exact) mass is 201 g/mol. The van der Waals surface area contributed by atoms with Crippen LogP contribution in [0.5, 0.6) is 0 Å². The molecular formula is C11H23NO2. The summed E-state index contributed by atoms with van der Waals surface area (Å²) in [5.41, 5.74) is 0. The highest BCUT2D eigenvalue weighted by atomic mass is 16.5. The maximum Gasteiger partial charge on any atom is 0.0695 e. The van der Waals surface area contributed by atoms with Crippen LogP contribution in [0.2, 0.25) is 0 Å². The van der Waals surface area contributed by atoms with Crippen molar-refractivity contribution in [1.82, 2.24) is 4.90 Å². The van der Waals surface area contributed by atoms with Crippen LogP contribution in [-0.4, -0.2) is 49.0 Å². The van der Waals surface area contributed by atoms with Gasteiger partial charge in [0.15, 0.2) is 0 Å². The molecule has 84 valence electrons. The zero-order valence-electron chi connectivity index (χ0n) is 9.41. The summed E-state index contributed by atoms with van der Waals surface area (Å²) >= 11 is 0. The van der Waals surface area contributed by atoms with Crippen LogP contribution in [0.4, 0.5) is 0 Å². The molecule has 0 spiro atoms. The molecule has 0 aromatic rings. The lowest BCUT2D eigenvalue weighted by molar-refractivity contribution is -0.000290. The van der Waals surface area contributed by atoms with Crippen LogP contribution in [0.15, 0.2) is 0 Å². The van der Waals surface area contributed by atoms with Gasteiger partial charge in [-0.25, -0.2) is 0 Å². The van der Waals surface area contributed by atoms with E-state index in [0.29, 0.717) is 5.92 Å². The average molecular weight is 201 g/mol. The molecule has 0 aliphatic carbocycles. The van der Waals surface area contributed by atoms with E-state index in [1.165, 1.54) is 0 Å². The molecule has 0 aromatic heterocycles. The fraction of sp³-hybridized carbons (Fsp3) is 1.00. The van der Waals surface area contributed by atoms with Gasteiger partial charge in [-0.2, -0.15) is 0 Å². The van der Waals surface area contributed by atoms with Crippen molar-refractivity contribution < 1.29 is 9.84 Å². The maximum absolute atomic E-state index is 9.98. The Hall–Kier alpha value is -0.120. The molecule has 3 nitrogen and oxygen atoms in total. The fourth-order valence-corrected chi connectivity index (χ4v) is 2.03. The minimum Gasteiger partial charge on any atom is -0.392 e. The van der Waals surface area contributed by atoms with E-state index in [2.05, 4.69) is 18.7 Å². The molecule has 1 saturated heterocycles. The van der Waals surface area contributed by atoms with E-state index in [0.717, 1.165) is 45.7 Å². The fourth-order valence-electron chi connectivity index (χ4n) is 2.03. The highest BCUT2D eigenvalue weighted by Crippen LogP contribution is 2.14. The van der Waals surface area contributed by atoms with Crippen molar-refractivity contribution in [2.45, 2.75) is 32.8 Å². The molecular weight excluding hydrogens is 178 g/mol. The number of hydrogen-bond acceptors (Lipinski definition) is 3. The van der Waals surface area contributed by atoms with Gasteiger partial charge in [0.05, 0.1) is 19.3 Å². The van der Waals surface area contributed by atoms with Crippen LogP contribution in [0, 0.1) is 5.92 Å². The Bertz CT molecular complexity index is 142. The van der Waals surface area contributed by atoms with Crippen molar-refractivity contribution in [1.29, 1.82) is 0 Å². The second-order valence-electron chi connectivity index (χ2n) is 4.06. The Morgan fingerprint density at radius 3 is 2.29 bits per heavy atom. The highest BCUT2D eigenvalue weighted by Gasteiger charge is 2.20. The maximum atomic E-state index is 9.98. The molecule has 1 fully saturated rings. The summed E-state index contributed by atoms with van der Waals surface area (Å²) in [6.07, 6.45) is 1.98. The van der Waals surface area contributed by atoms with Gasteiger partial charge in [-0.1, -0.05) is 26.7 Å². The van der Waals surface area contributed by atoms with Crippen molar-refractivity contribution in [3.05, 3.63) is 0 Å². The van der Waals surface area contributed by atoms with Crippen molar-refractivity contribution in [2.75, 3.05) is 32.8 Å². The van der Waals surface area contributed by atoms with Crippen molar-refractivity contribution in [3.63, 3.8) is 0 Å². The van der Waals surface area contributed by atoms with Gasteiger partial charge < -0.3 is 9.84 Å². The van der Waals surface area contributed by atoms with Gasteiger partial charge in [0.1, 0.15) is 0 Å². The molecule has 0 radical (unpaired) electrons. The van der Waals surface area contributed by atoms with Gasteiger partial charge in [-0.05, 0) is 5.92 Å². The Kier molecular flexibility index (Phi) is 5.45. The summed E-state index contributed by atoms with van der Waals surface area (Å²) in [7, 11) is 0. The topological polar surface area (TPSA) is 32.7 Å². The first-order valence-corrected chi connectivity index (χ1v) is 5.76. The summed E-state index contributed by atoms with van der Waals surface area (Å²) in [5.74, 6) is 0.456. The highest BCUT2D eigenvalue weighted by molar-refractivity contribution is 4.72. The van der Waals surface area contributed by atoms with Crippen molar-refractivity contribution in [3.8, 4) is 0 Å². The Morgan fingerprint density at radius 2 is 1.79 bits per heavy atom. The lowest BCUT2D eigenvalue weighted by Gasteiger charge is -2.31. The average Bonchev–Trinajstić information content (AvgIpc) is 2.21. The van der Waals surface area contributed by atoms with E-state index in [1.54, 1.807) is 0 Å². The van der Waals surface area contributed by atoms with E-state index < -0.39 is 0 Å². The minimum atomic E-state index is -0.164. The molecule has 1 rings (SSSR count). The number of ether oxygens (including phenoxy) is 1. The SMILES string of the molecule is CCC(CC)C(O)CN1CCOCC1. The van der Waals surface area contributed by atoms with Gasteiger partial charge in [-0.3, -0.25) is 4.90 Å². The van der Waals surface area contributed by atoms with E-state index in [1.807, 2.05) is 0 Å². The number of morpholine rings is 1. The van der Waals surface area contributed by atoms with Crippen LogP contribution in [-0.2, 0) is 4.74 Å². The van der Waals surface area contributed by atoms with Crippen LogP contribution in [0.3, 0.4) is 0 Å². The predicted octanol–water partition coefficient (Wildman–Crippen LogP) is 1.12. The number of aliphatic hydroxyl groups excluding tert-OH is 1. The zero-order chi connectivity index (χ0) is 10.4. The van der Waals surface area contributed by atoms with Crippen LogP contribution in [0.1, 0.15) is 26.7 Å². The first-order chi connectivity index (χ1) is 6.77. The molecule has 1 N–H and O–H groups in total. The summed E-state index contributed by atoms with van der Waals surface area (Å²) in [6, 6.07) is 0. The van der Waals surface area contributed by atoms with Gasteiger partial charge in [0, 0.05) is 19.6 Å². The lowest BCUT2D eigenvalue weighted by atomic mass is 9.96. The minimum absolute atomic E-state index is 0.164. The van der Waals surface area contributed by atoms with Crippen LogP contribution in [0.25, 0.3) is 0 Å².